The summed E-state index contributed by atoms with van der Waals surface area (Å²) in [4.78, 5) is 0. The van der Waals surface area contributed by atoms with Crippen molar-refractivity contribution < 1.29 is 9.84 Å². The second kappa shape index (κ2) is 4.39. The van der Waals surface area contributed by atoms with E-state index in [2.05, 4.69) is 5.32 Å². The molecular formula is C11H14ClNO2. The van der Waals surface area contributed by atoms with Gasteiger partial charge in [0.15, 0.2) is 0 Å². The van der Waals surface area contributed by atoms with E-state index in [1.807, 2.05) is 6.92 Å². The summed E-state index contributed by atoms with van der Waals surface area (Å²) in [7, 11) is 0. The molecular weight excluding hydrogens is 214 g/mol. The molecule has 2 N–H and O–H groups in total. The Hall–Kier alpha value is -0.770. The molecule has 0 spiro atoms. The molecule has 1 heterocycles. The number of aromatic hydroxyl groups is 1. The van der Waals surface area contributed by atoms with Crippen LogP contribution in [-0.4, -0.2) is 24.9 Å². The summed E-state index contributed by atoms with van der Waals surface area (Å²) in [6.07, 6.45) is 0. The summed E-state index contributed by atoms with van der Waals surface area (Å²) in [6.45, 7) is 4.03. The molecule has 1 aromatic rings. The Morgan fingerprint density at radius 3 is 3.00 bits per heavy atom. The number of phenols is 1. The van der Waals surface area contributed by atoms with E-state index >= 15 is 0 Å². The average molecular weight is 228 g/mol. The summed E-state index contributed by atoms with van der Waals surface area (Å²) in [5.74, 6) is 0.249. The van der Waals surface area contributed by atoms with Crippen LogP contribution in [0.25, 0.3) is 0 Å². The fraction of sp³-hybridized carbons (Fsp3) is 0.455. The van der Waals surface area contributed by atoms with Crippen LogP contribution in [0, 0.1) is 6.92 Å². The number of nitrogens with one attached hydrogen (secondary N) is 1. The second-order valence-corrected chi connectivity index (χ2v) is 4.13. The summed E-state index contributed by atoms with van der Waals surface area (Å²) in [5.41, 5.74) is 1.80. The summed E-state index contributed by atoms with van der Waals surface area (Å²) in [6, 6.07) is 3.44. The fourth-order valence-electron chi connectivity index (χ4n) is 1.80. The van der Waals surface area contributed by atoms with E-state index in [0.717, 1.165) is 24.3 Å². The minimum absolute atomic E-state index is 0.0806. The fourth-order valence-corrected chi connectivity index (χ4v) is 2.04. The monoisotopic (exact) mass is 227 g/mol. The Morgan fingerprint density at radius 1 is 1.53 bits per heavy atom. The van der Waals surface area contributed by atoms with Gasteiger partial charge in [-0.15, -0.1) is 0 Å². The molecule has 82 valence electrons. The van der Waals surface area contributed by atoms with Gasteiger partial charge in [-0.2, -0.15) is 0 Å². The molecule has 0 saturated carbocycles. The van der Waals surface area contributed by atoms with Crippen LogP contribution in [0.1, 0.15) is 17.2 Å². The maximum atomic E-state index is 9.52. The third-order valence-corrected chi connectivity index (χ3v) is 3.08. The number of phenolic OH excluding ortho intramolecular Hbond substituents is 1. The van der Waals surface area contributed by atoms with Gasteiger partial charge in [0.05, 0.1) is 19.3 Å². The first-order chi connectivity index (χ1) is 7.18. The highest BCUT2D eigenvalue weighted by Crippen LogP contribution is 2.31. The Morgan fingerprint density at radius 2 is 2.33 bits per heavy atom. The van der Waals surface area contributed by atoms with Gasteiger partial charge in [-0.1, -0.05) is 11.6 Å². The van der Waals surface area contributed by atoms with Crippen LogP contribution in [0.4, 0.5) is 0 Å². The van der Waals surface area contributed by atoms with Gasteiger partial charge in [0.1, 0.15) is 5.75 Å². The van der Waals surface area contributed by atoms with E-state index in [1.54, 1.807) is 12.1 Å². The van der Waals surface area contributed by atoms with Gasteiger partial charge >= 0.3 is 0 Å². The molecule has 0 aliphatic carbocycles. The first kappa shape index (κ1) is 10.7. The Balaban J connectivity index is 2.33. The number of aryl methyl sites for hydroxylation is 1. The van der Waals surface area contributed by atoms with E-state index in [0.29, 0.717) is 11.6 Å². The molecule has 1 aromatic carbocycles. The lowest BCUT2D eigenvalue weighted by molar-refractivity contribution is 0.0768. The number of rotatable bonds is 1. The molecule has 1 atom stereocenters. The summed E-state index contributed by atoms with van der Waals surface area (Å²) in [5, 5.41) is 13.5. The Bertz CT molecular complexity index is 362. The third kappa shape index (κ3) is 2.25. The molecule has 0 bridgehead atoms. The van der Waals surface area contributed by atoms with Gasteiger partial charge in [-0.25, -0.2) is 0 Å². The maximum absolute atomic E-state index is 9.52. The maximum Gasteiger partial charge on any atom is 0.116 e. The van der Waals surface area contributed by atoms with Crippen LogP contribution in [-0.2, 0) is 4.74 Å². The highest BCUT2D eigenvalue weighted by molar-refractivity contribution is 6.32. The largest absolute Gasteiger partial charge is 0.508 e. The van der Waals surface area contributed by atoms with Gasteiger partial charge < -0.3 is 15.2 Å². The number of ether oxygens (including phenoxy) is 1. The summed E-state index contributed by atoms with van der Waals surface area (Å²) < 4.78 is 5.37. The van der Waals surface area contributed by atoms with Crippen molar-refractivity contribution in [3.8, 4) is 5.75 Å². The molecule has 1 aliphatic rings. The lowest BCUT2D eigenvalue weighted by Gasteiger charge is -2.25. The highest BCUT2D eigenvalue weighted by Gasteiger charge is 2.19. The zero-order chi connectivity index (χ0) is 10.8. The minimum Gasteiger partial charge on any atom is -0.508 e. The van der Waals surface area contributed by atoms with Gasteiger partial charge in [-0.3, -0.25) is 0 Å². The highest BCUT2D eigenvalue weighted by atomic mass is 35.5. The van der Waals surface area contributed by atoms with Crippen molar-refractivity contribution in [2.45, 2.75) is 13.0 Å². The van der Waals surface area contributed by atoms with Crippen LogP contribution in [0.2, 0.25) is 5.02 Å². The molecule has 4 heteroatoms. The normalized spacial score (nSPS) is 21.6. The van der Waals surface area contributed by atoms with Crippen molar-refractivity contribution in [1.29, 1.82) is 0 Å². The quantitative estimate of drug-likeness (QED) is 0.771. The number of halogens is 1. The van der Waals surface area contributed by atoms with Crippen molar-refractivity contribution >= 4 is 11.6 Å². The first-order valence-electron chi connectivity index (χ1n) is 4.98. The number of morpholine rings is 1. The lowest BCUT2D eigenvalue weighted by Crippen LogP contribution is -2.34. The molecule has 3 nitrogen and oxygen atoms in total. The number of benzene rings is 1. The van der Waals surface area contributed by atoms with Crippen LogP contribution >= 0.6 is 11.6 Å². The smallest absolute Gasteiger partial charge is 0.116 e. The van der Waals surface area contributed by atoms with Crippen LogP contribution in [0.3, 0.4) is 0 Å². The topological polar surface area (TPSA) is 41.5 Å². The third-order valence-electron chi connectivity index (χ3n) is 2.56. The van der Waals surface area contributed by atoms with E-state index < -0.39 is 0 Å². The van der Waals surface area contributed by atoms with Crippen LogP contribution in [0.15, 0.2) is 12.1 Å². The molecule has 1 saturated heterocycles. The van der Waals surface area contributed by atoms with Crippen molar-refractivity contribution in [2.24, 2.45) is 0 Å². The van der Waals surface area contributed by atoms with Gasteiger partial charge in [0, 0.05) is 11.6 Å². The Labute approximate surface area is 94.0 Å². The molecule has 1 aliphatic heterocycles. The number of hydrogen-bond acceptors (Lipinski definition) is 3. The summed E-state index contributed by atoms with van der Waals surface area (Å²) >= 11 is 6.19. The lowest BCUT2D eigenvalue weighted by atomic mass is 10.0. The minimum atomic E-state index is 0.0806. The standard InChI is InChI=1S/C11H14ClNO2/c1-7-4-8(14)5-9(11(7)12)10-6-15-3-2-13-10/h4-5,10,13-14H,2-3,6H2,1H3. The van der Waals surface area contributed by atoms with Crippen LogP contribution < -0.4 is 5.32 Å². The van der Waals surface area contributed by atoms with Crippen LogP contribution in [0.5, 0.6) is 5.75 Å². The van der Waals surface area contributed by atoms with Gasteiger partial charge in [-0.05, 0) is 30.2 Å². The molecule has 0 aromatic heterocycles. The van der Waals surface area contributed by atoms with E-state index in [9.17, 15) is 5.11 Å². The zero-order valence-electron chi connectivity index (χ0n) is 8.59. The van der Waals surface area contributed by atoms with E-state index in [1.165, 1.54) is 0 Å². The zero-order valence-corrected chi connectivity index (χ0v) is 9.34. The predicted molar refractivity (Wildman–Crippen MR) is 59.4 cm³/mol. The first-order valence-corrected chi connectivity index (χ1v) is 5.36. The molecule has 0 amide bonds. The van der Waals surface area contributed by atoms with Crippen molar-refractivity contribution in [3.63, 3.8) is 0 Å². The number of hydrogen-bond donors (Lipinski definition) is 2. The van der Waals surface area contributed by atoms with Gasteiger partial charge in [0.25, 0.3) is 0 Å². The second-order valence-electron chi connectivity index (χ2n) is 3.75. The molecule has 1 unspecified atom stereocenters. The molecule has 2 rings (SSSR count). The molecule has 1 fully saturated rings. The van der Waals surface area contributed by atoms with E-state index in [-0.39, 0.29) is 11.8 Å². The van der Waals surface area contributed by atoms with E-state index in [4.69, 9.17) is 16.3 Å². The SMILES string of the molecule is Cc1cc(O)cc(C2COCCN2)c1Cl. The predicted octanol–water partition coefficient (Wildman–Crippen LogP) is 2.01. The van der Waals surface area contributed by atoms with Gasteiger partial charge in [0.2, 0.25) is 0 Å². The van der Waals surface area contributed by atoms with Crippen molar-refractivity contribution in [1.82, 2.24) is 5.32 Å². The Kier molecular flexibility index (Phi) is 3.14. The molecule has 0 radical (unpaired) electrons. The van der Waals surface area contributed by atoms with Crippen molar-refractivity contribution in [3.05, 3.63) is 28.3 Å². The average Bonchev–Trinajstić information content (AvgIpc) is 2.24. The van der Waals surface area contributed by atoms with Crippen molar-refractivity contribution in [2.75, 3.05) is 19.8 Å². The molecule has 15 heavy (non-hydrogen) atoms.